The van der Waals surface area contributed by atoms with E-state index in [1.54, 1.807) is 0 Å². The van der Waals surface area contributed by atoms with Crippen molar-refractivity contribution >= 4 is 16.9 Å². The van der Waals surface area contributed by atoms with Crippen LogP contribution in [0.4, 0.5) is 5.82 Å². The standard InChI is InChI=1S/C13H14N6/c1-8(12-14-7-15-19-12)17-13-9(2)16-10-5-3-4-6-11(10)18-13/h3-8H,1-2H3,(H,17,18)(H,14,15,19). The van der Waals surface area contributed by atoms with Crippen LogP contribution in [0.2, 0.25) is 0 Å². The quantitative estimate of drug-likeness (QED) is 0.749. The first-order chi connectivity index (χ1) is 9.24. The van der Waals surface area contributed by atoms with Crippen molar-refractivity contribution in [2.45, 2.75) is 19.9 Å². The summed E-state index contributed by atoms with van der Waals surface area (Å²) in [5, 5.41) is 9.98. The van der Waals surface area contributed by atoms with E-state index in [9.17, 15) is 0 Å². The smallest absolute Gasteiger partial charge is 0.148 e. The lowest BCUT2D eigenvalue weighted by Crippen LogP contribution is -2.11. The lowest BCUT2D eigenvalue weighted by Gasteiger charge is -2.13. The topological polar surface area (TPSA) is 79.4 Å². The van der Waals surface area contributed by atoms with Gasteiger partial charge in [0.25, 0.3) is 0 Å². The largest absolute Gasteiger partial charge is 0.359 e. The Morgan fingerprint density at radius 3 is 2.58 bits per heavy atom. The fourth-order valence-electron chi connectivity index (χ4n) is 1.92. The number of aromatic amines is 1. The van der Waals surface area contributed by atoms with Crippen LogP contribution in [-0.2, 0) is 0 Å². The second-order valence-electron chi connectivity index (χ2n) is 4.38. The Bertz CT molecular complexity index is 691. The summed E-state index contributed by atoms with van der Waals surface area (Å²) >= 11 is 0. The van der Waals surface area contributed by atoms with E-state index in [1.165, 1.54) is 6.33 Å². The molecule has 2 aromatic heterocycles. The number of aryl methyl sites for hydroxylation is 1. The molecule has 96 valence electrons. The Labute approximate surface area is 110 Å². The van der Waals surface area contributed by atoms with E-state index in [-0.39, 0.29) is 6.04 Å². The van der Waals surface area contributed by atoms with Crippen molar-refractivity contribution in [2.75, 3.05) is 5.32 Å². The van der Waals surface area contributed by atoms with Crippen LogP contribution in [-0.4, -0.2) is 25.1 Å². The number of para-hydroxylation sites is 2. The minimum atomic E-state index is -0.00309. The lowest BCUT2D eigenvalue weighted by molar-refractivity contribution is 0.788. The molecule has 0 radical (unpaired) electrons. The summed E-state index contributed by atoms with van der Waals surface area (Å²) in [5.74, 6) is 1.54. The Morgan fingerprint density at radius 1 is 1.16 bits per heavy atom. The van der Waals surface area contributed by atoms with Crippen LogP contribution in [0.5, 0.6) is 0 Å². The van der Waals surface area contributed by atoms with Crippen LogP contribution in [0.1, 0.15) is 24.5 Å². The van der Waals surface area contributed by atoms with E-state index < -0.39 is 0 Å². The van der Waals surface area contributed by atoms with Crippen molar-refractivity contribution in [1.82, 2.24) is 25.1 Å². The molecule has 1 atom stereocenters. The third-order valence-electron chi connectivity index (χ3n) is 2.94. The minimum Gasteiger partial charge on any atom is -0.359 e. The van der Waals surface area contributed by atoms with Crippen molar-refractivity contribution < 1.29 is 0 Å². The van der Waals surface area contributed by atoms with Crippen LogP contribution in [0.3, 0.4) is 0 Å². The number of H-pyrrole nitrogens is 1. The fourth-order valence-corrected chi connectivity index (χ4v) is 1.92. The zero-order chi connectivity index (χ0) is 13.2. The van der Waals surface area contributed by atoms with Crippen molar-refractivity contribution in [3.8, 4) is 0 Å². The summed E-state index contributed by atoms with van der Waals surface area (Å²) in [6.45, 7) is 3.94. The molecule has 0 saturated carbocycles. The molecule has 1 aromatic carbocycles. The van der Waals surface area contributed by atoms with Gasteiger partial charge in [-0.3, -0.25) is 5.10 Å². The molecule has 0 spiro atoms. The second-order valence-corrected chi connectivity index (χ2v) is 4.38. The Kier molecular flexibility index (Phi) is 2.83. The van der Waals surface area contributed by atoms with Crippen LogP contribution < -0.4 is 5.32 Å². The van der Waals surface area contributed by atoms with Crippen molar-refractivity contribution in [2.24, 2.45) is 0 Å². The number of anilines is 1. The number of nitrogens with zero attached hydrogens (tertiary/aromatic N) is 4. The average molecular weight is 254 g/mol. The molecule has 1 unspecified atom stereocenters. The number of benzene rings is 1. The highest BCUT2D eigenvalue weighted by atomic mass is 15.2. The second kappa shape index (κ2) is 4.64. The predicted molar refractivity (Wildman–Crippen MR) is 72.7 cm³/mol. The van der Waals surface area contributed by atoms with Crippen LogP contribution >= 0.6 is 0 Å². The van der Waals surface area contributed by atoms with E-state index >= 15 is 0 Å². The zero-order valence-corrected chi connectivity index (χ0v) is 10.8. The molecule has 3 rings (SSSR count). The summed E-state index contributed by atoms with van der Waals surface area (Å²) in [4.78, 5) is 13.3. The van der Waals surface area contributed by atoms with E-state index in [0.29, 0.717) is 0 Å². The van der Waals surface area contributed by atoms with E-state index in [2.05, 4.69) is 30.5 Å². The molecule has 0 saturated heterocycles. The highest BCUT2D eigenvalue weighted by molar-refractivity contribution is 5.76. The summed E-state index contributed by atoms with van der Waals surface area (Å²) in [6.07, 6.45) is 1.49. The van der Waals surface area contributed by atoms with E-state index in [4.69, 9.17) is 0 Å². The molecule has 0 aliphatic carbocycles. The van der Waals surface area contributed by atoms with Gasteiger partial charge in [-0.05, 0) is 26.0 Å². The third kappa shape index (κ3) is 2.24. The third-order valence-corrected chi connectivity index (χ3v) is 2.94. The molecule has 19 heavy (non-hydrogen) atoms. The van der Waals surface area contributed by atoms with Gasteiger partial charge in [0.2, 0.25) is 0 Å². The molecule has 0 aliphatic heterocycles. The van der Waals surface area contributed by atoms with Crippen LogP contribution in [0.25, 0.3) is 11.0 Å². The molecule has 0 aliphatic rings. The van der Waals surface area contributed by atoms with Crippen LogP contribution in [0.15, 0.2) is 30.6 Å². The van der Waals surface area contributed by atoms with Gasteiger partial charge in [0.05, 0.1) is 22.8 Å². The Balaban J connectivity index is 1.94. The Hall–Kier alpha value is -2.50. The van der Waals surface area contributed by atoms with Gasteiger partial charge in [0, 0.05) is 0 Å². The molecule has 6 heteroatoms. The van der Waals surface area contributed by atoms with Gasteiger partial charge in [-0.15, -0.1) is 0 Å². The van der Waals surface area contributed by atoms with Gasteiger partial charge in [-0.1, -0.05) is 12.1 Å². The van der Waals surface area contributed by atoms with Gasteiger partial charge >= 0.3 is 0 Å². The molecule has 2 N–H and O–H groups in total. The lowest BCUT2D eigenvalue weighted by atomic mass is 10.2. The van der Waals surface area contributed by atoms with Crippen molar-refractivity contribution in [3.05, 3.63) is 42.1 Å². The first-order valence-electron chi connectivity index (χ1n) is 6.09. The van der Waals surface area contributed by atoms with E-state index in [1.807, 2.05) is 38.1 Å². The number of aromatic nitrogens is 5. The number of fused-ring (bicyclic) bond motifs is 1. The van der Waals surface area contributed by atoms with E-state index in [0.717, 1.165) is 28.4 Å². The number of hydrogen-bond donors (Lipinski definition) is 2. The molecule has 2 heterocycles. The monoisotopic (exact) mass is 254 g/mol. The van der Waals surface area contributed by atoms with Gasteiger partial charge in [-0.2, -0.15) is 5.10 Å². The van der Waals surface area contributed by atoms with Crippen molar-refractivity contribution in [3.63, 3.8) is 0 Å². The molecule has 0 bridgehead atoms. The maximum Gasteiger partial charge on any atom is 0.148 e. The highest BCUT2D eigenvalue weighted by Gasteiger charge is 2.11. The fraction of sp³-hybridized carbons (Fsp3) is 0.231. The zero-order valence-electron chi connectivity index (χ0n) is 10.8. The maximum absolute atomic E-state index is 4.59. The Morgan fingerprint density at radius 2 is 1.89 bits per heavy atom. The first-order valence-corrected chi connectivity index (χ1v) is 6.09. The van der Waals surface area contributed by atoms with Crippen molar-refractivity contribution in [1.29, 1.82) is 0 Å². The van der Waals surface area contributed by atoms with Gasteiger partial charge in [0.15, 0.2) is 0 Å². The maximum atomic E-state index is 4.59. The first kappa shape index (κ1) is 11.6. The minimum absolute atomic E-state index is 0.00309. The SMILES string of the molecule is Cc1nc2ccccc2nc1NC(C)c1ncn[nH]1. The molecular formula is C13H14N6. The molecule has 0 fully saturated rings. The molecular weight excluding hydrogens is 240 g/mol. The van der Waals surface area contributed by atoms with Crippen LogP contribution in [0, 0.1) is 6.92 Å². The molecule has 6 nitrogen and oxygen atoms in total. The predicted octanol–water partition coefficient (Wildman–Crippen LogP) is 2.23. The number of hydrogen-bond acceptors (Lipinski definition) is 5. The highest BCUT2D eigenvalue weighted by Crippen LogP contribution is 2.19. The number of rotatable bonds is 3. The molecule has 3 aromatic rings. The summed E-state index contributed by atoms with van der Waals surface area (Å²) in [7, 11) is 0. The summed E-state index contributed by atoms with van der Waals surface area (Å²) in [6, 6.07) is 7.82. The van der Waals surface area contributed by atoms with Gasteiger partial charge in [0.1, 0.15) is 18.0 Å². The number of nitrogens with one attached hydrogen (secondary N) is 2. The molecule has 0 amide bonds. The summed E-state index contributed by atoms with van der Waals surface area (Å²) in [5.41, 5.74) is 2.64. The average Bonchev–Trinajstić information content (AvgIpc) is 2.93. The summed E-state index contributed by atoms with van der Waals surface area (Å²) < 4.78 is 0. The van der Waals surface area contributed by atoms with Gasteiger partial charge < -0.3 is 5.32 Å². The van der Waals surface area contributed by atoms with Gasteiger partial charge in [-0.25, -0.2) is 15.0 Å². The normalized spacial score (nSPS) is 12.5.